The van der Waals surface area contributed by atoms with Crippen molar-refractivity contribution >= 4 is 28.7 Å². The number of hydrogen-bond donors (Lipinski definition) is 0. The maximum atomic E-state index is 6.15. The van der Waals surface area contributed by atoms with Gasteiger partial charge in [-0.2, -0.15) is 0 Å². The lowest BCUT2D eigenvalue weighted by atomic mass is 10.0. The van der Waals surface area contributed by atoms with Crippen LogP contribution < -0.4 is 14.5 Å². The highest BCUT2D eigenvalue weighted by molar-refractivity contribution is 6.30. The maximum Gasteiger partial charge on any atom is 0.145 e. The quantitative estimate of drug-likeness (QED) is 0.783. The lowest BCUT2D eigenvalue weighted by Gasteiger charge is -2.41. The topological polar surface area (TPSA) is 15.7 Å². The lowest BCUT2D eigenvalue weighted by molar-refractivity contribution is 0.109. The molecule has 0 radical (unpaired) electrons. The van der Waals surface area contributed by atoms with E-state index >= 15 is 0 Å². The molecule has 2 aromatic rings. The third-order valence-electron chi connectivity index (χ3n) is 4.50. The highest BCUT2D eigenvalue weighted by atomic mass is 35.5. The number of ether oxygens (including phenoxy) is 1. The van der Waals surface area contributed by atoms with Gasteiger partial charge in [-0.05, 0) is 50.6 Å². The van der Waals surface area contributed by atoms with Crippen LogP contribution in [-0.4, -0.2) is 25.2 Å². The normalized spacial score (nSPS) is 18.9. The molecule has 4 rings (SSSR count). The minimum absolute atomic E-state index is 0.259. The third-order valence-corrected chi connectivity index (χ3v) is 4.74. The molecule has 0 unspecified atom stereocenters. The van der Waals surface area contributed by atoms with Crippen molar-refractivity contribution in [1.29, 1.82) is 0 Å². The molecule has 1 saturated heterocycles. The van der Waals surface area contributed by atoms with Crippen LogP contribution in [0.2, 0.25) is 5.02 Å². The highest BCUT2D eigenvalue weighted by Crippen LogP contribution is 2.43. The molecule has 0 saturated carbocycles. The summed E-state index contributed by atoms with van der Waals surface area (Å²) < 4.78 is 6.13. The van der Waals surface area contributed by atoms with Gasteiger partial charge < -0.3 is 14.5 Å². The van der Waals surface area contributed by atoms with Crippen molar-refractivity contribution in [1.82, 2.24) is 0 Å². The van der Waals surface area contributed by atoms with Crippen molar-refractivity contribution in [3.63, 3.8) is 0 Å². The second kappa shape index (κ2) is 5.34. The van der Waals surface area contributed by atoms with E-state index in [9.17, 15) is 0 Å². The molecule has 0 spiro atoms. The van der Waals surface area contributed by atoms with Crippen molar-refractivity contribution in [2.45, 2.75) is 25.9 Å². The first-order chi connectivity index (χ1) is 11.0. The van der Waals surface area contributed by atoms with E-state index in [0.717, 1.165) is 31.1 Å². The summed E-state index contributed by atoms with van der Waals surface area (Å²) in [7, 11) is 0. The fourth-order valence-electron chi connectivity index (χ4n) is 3.25. The molecule has 3 nitrogen and oxygen atoms in total. The standard InChI is InChI=1S/C19H21ClN2O/c1-19(2)13-22(17-8-7-14(20)11-18(17)23-19)16-6-3-5-15(12-16)21-9-4-10-21/h3,5-8,11-12H,4,9-10,13H2,1-2H3. The molecule has 0 bridgehead atoms. The van der Waals surface area contributed by atoms with Crippen LogP contribution in [0.25, 0.3) is 0 Å². The Kier molecular flexibility index (Phi) is 3.42. The Balaban J connectivity index is 1.76. The summed E-state index contributed by atoms with van der Waals surface area (Å²) in [6.07, 6.45) is 1.29. The van der Waals surface area contributed by atoms with E-state index in [1.807, 2.05) is 18.2 Å². The molecule has 2 aromatic carbocycles. The Morgan fingerprint density at radius 1 is 1.04 bits per heavy atom. The maximum absolute atomic E-state index is 6.15. The molecule has 0 amide bonds. The van der Waals surface area contributed by atoms with Gasteiger partial charge in [0.2, 0.25) is 0 Å². The summed E-state index contributed by atoms with van der Waals surface area (Å²) in [5, 5.41) is 0.704. The summed E-state index contributed by atoms with van der Waals surface area (Å²) in [6.45, 7) is 7.35. The van der Waals surface area contributed by atoms with Gasteiger partial charge in [0.25, 0.3) is 0 Å². The van der Waals surface area contributed by atoms with Gasteiger partial charge in [0.15, 0.2) is 0 Å². The zero-order valence-corrected chi connectivity index (χ0v) is 14.3. The van der Waals surface area contributed by atoms with E-state index in [2.05, 4.69) is 47.9 Å². The SMILES string of the molecule is CC1(C)CN(c2cccc(N3CCC3)c2)c2ccc(Cl)cc2O1. The third kappa shape index (κ3) is 2.74. The molecular formula is C19H21ClN2O. The molecule has 0 aromatic heterocycles. The number of hydrogen-bond acceptors (Lipinski definition) is 3. The van der Waals surface area contributed by atoms with Crippen molar-refractivity contribution in [3.8, 4) is 5.75 Å². The van der Waals surface area contributed by atoms with Crippen molar-refractivity contribution < 1.29 is 4.74 Å². The van der Waals surface area contributed by atoms with E-state index in [1.165, 1.54) is 17.8 Å². The molecule has 4 heteroatoms. The summed E-state index contributed by atoms with van der Waals surface area (Å²) in [4.78, 5) is 4.75. The number of fused-ring (bicyclic) bond motifs is 1. The molecule has 23 heavy (non-hydrogen) atoms. The fourth-order valence-corrected chi connectivity index (χ4v) is 3.41. The minimum Gasteiger partial charge on any atom is -0.484 e. The van der Waals surface area contributed by atoms with E-state index in [1.54, 1.807) is 0 Å². The molecule has 2 heterocycles. The zero-order valence-electron chi connectivity index (χ0n) is 13.6. The predicted molar refractivity (Wildman–Crippen MR) is 96.4 cm³/mol. The van der Waals surface area contributed by atoms with Crippen LogP contribution >= 0.6 is 11.6 Å². The Bertz CT molecular complexity index is 740. The van der Waals surface area contributed by atoms with E-state index < -0.39 is 0 Å². The average Bonchev–Trinajstić information content (AvgIpc) is 2.43. The predicted octanol–water partition coefficient (Wildman–Crippen LogP) is 4.86. The number of benzene rings is 2. The molecule has 120 valence electrons. The Labute approximate surface area is 142 Å². The first-order valence-electron chi connectivity index (χ1n) is 8.13. The minimum atomic E-state index is -0.259. The Morgan fingerprint density at radius 2 is 1.83 bits per heavy atom. The van der Waals surface area contributed by atoms with Crippen LogP contribution in [-0.2, 0) is 0 Å². The summed E-state index contributed by atoms with van der Waals surface area (Å²) in [6, 6.07) is 14.7. The van der Waals surface area contributed by atoms with Gasteiger partial charge in [0, 0.05) is 35.6 Å². The average molecular weight is 329 g/mol. The monoisotopic (exact) mass is 328 g/mol. The van der Waals surface area contributed by atoms with Crippen LogP contribution in [0.5, 0.6) is 5.75 Å². The second-order valence-electron chi connectivity index (χ2n) is 6.92. The van der Waals surface area contributed by atoms with Crippen molar-refractivity contribution in [2.75, 3.05) is 29.4 Å². The van der Waals surface area contributed by atoms with Gasteiger partial charge >= 0.3 is 0 Å². The van der Waals surface area contributed by atoms with Crippen LogP contribution in [0.4, 0.5) is 17.1 Å². The number of anilines is 3. The second-order valence-corrected chi connectivity index (χ2v) is 7.36. The van der Waals surface area contributed by atoms with Gasteiger partial charge in [0.05, 0.1) is 12.2 Å². The van der Waals surface area contributed by atoms with Crippen LogP contribution in [0, 0.1) is 0 Å². The Morgan fingerprint density at radius 3 is 2.57 bits per heavy atom. The number of nitrogens with zero attached hydrogens (tertiary/aromatic N) is 2. The zero-order chi connectivity index (χ0) is 16.0. The van der Waals surface area contributed by atoms with Gasteiger partial charge in [0.1, 0.15) is 11.4 Å². The fraction of sp³-hybridized carbons (Fsp3) is 0.368. The van der Waals surface area contributed by atoms with Crippen LogP contribution in [0.15, 0.2) is 42.5 Å². The van der Waals surface area contributed by atoms with Gasteiger partial charge in [-0.25, -0.2) is 0 Å². The molecule has 0 atom stereocenters. The van der Waals surface area contributed by atoms with Gasteiger partial charge in [-0.1, -0.05) is 17.7 Å². The first-order valence-corrected chi connectivity index (χ1v) is 8.51. The van der Waals surface area contributed by atoms with Crippen molar-refractivity contribution in [3.05, 3.63) is 47.5 Å². The molecule has 0 aliphatic carbocycles. The largest absolute Gasteiger partial charge is 0.484 e. The van der Waals surface area contributed by atoms with E-state index in [-0.39, 0.29) is 5.60 Å². The first kappa shape index (κ1) is 14.7. The van der Waals surface area contributed by atoms with E-state index in [0.29, 0.717) is 5.02 Å². The molecule has 2 aliphatic heterocycles. The number of halogens is 1. The molecular weight excluding hydrogens is 308 g/mol. The summed E-state index contributed by atoms with van der Waals surface area (Å²) >= 11 is 6.15. The van der Waals surface area contributed by atoms with E-state index in [4.69, 9.17) is 16.3 Å². The Hall–Kier alpha value is -1.87. The number of rotatable bonds is 2. The lowest BCUT2D eigenvalue weighted by Crippen LogP contribution is -2.45. The van der Waals surface area contributed by atoms with Gasteiger partial charge in [-0.3, -0.25) is 0 Å². The highest BCUT2D eigenvalue weighted by Gasteiger charge is 2.32. The van der Waals surface area contributed by atoms with Crippen LogP contribution in [0.1, 0.15) is 20.3 Å². The van der Waals surface area contributed by atoms with Gasteiger partial charge in [-0.15, -0.1) is 0 Å². The molecule has 0 N–H and O–H groups in total. The molecule has 1 fully saturated rings. The summed E-state index contributed by atoms with van der Waals surface area (Å²) in [5.74, 6) is 0.850. The smallest absolute Gasteiger partial charge is 0.145 e. The summed E-state index contributed by atoms with van der Waals surface area (Å²) in [5.41, 5.74) is 3.32. The molecule has 2 aliphatic rings. The van der Waals surface area contributed by atoms with Crippen LogP contribution in [0.3, 0.4) is 0 Å². The van der Waals surface area contributed by atoms with Crippen molar-refractivity contribution in [2.24, 2.45) is 0 Å².